The van der Waals surface area contributed by atoms with Crippen molar-refractivity contribution in [1.82, 2.24) is 5.32 Å². The van der Waals surface area contributed by atoms with Crippen LogP contribution in [0.2, 0.25) is 0 Å². The molecule has 0 unspecified atom stereocenters. The molecule has 1 aromatic heterocycles. The number of thiophene rings is 1. The molecule has 3 rings (SSSR count). The number of rotatable bonds is 9. The van der Waals surface area contributed by atoms with E-state index in [-0.39, 0.29) is 36.6 Å². The van der Waals surface area contributed by atoms with Gasteiger partial charge in [0.25, 0.3) is 5.91 Å². The minimum atomic E-state index is -0.525. The largest absolute Gasteiger partial charge is 0.459 e. The van der Waals surface area contributed by atoms with E-state index in [4.69, 9.17) is 14.6 Å². The number of amides is 1. The summed E-state index contributed by atoms with van der Waals surface area (Å²) in [6.45, 7) is 0.794. The Morgan fingerprint density at radius 1 is 1.36 bits per heavy atom. The zero-order valence-electron chi connectivity index (χ0n) is 15.5. The number of aliphatic hydroxyl groups is 1. The lowest BCUT2D eigenvalue weighted by Crippen LogP contribution is -2.32. The van der Waals surface area contributed by atoms with E-state index >= 15 is 0 Å². The topological polar surface area (TPSA) is 67.8 Å². The van der Waals surface area contributed by atoms with Gasteiger partial charge in [-0.1, -0.05) is 12.1 Å². The van der Waals surface area contributed by atoms with Gasteiger partial charge in [0.2, 0.25) is 6.29 Å². The van der Waals surface area contributed by atoms with E-state index in [1.54, 1.807) is 23.5 Å². The predicted octanol–water partition coefficient (Wildman–Crippen LogP) is 3.71. The molecule has 7 heteroatoms. The number of carbonyl (C=O) groups excluding carboxylic acids is 1. The number of ether oxygens (including phenoxy) is 2. The number of hydrogen-bond donors (Lipinski definition) is 2. The van der Waals surface area contributed by atoms with E-state index in [1.165, 1.54) is 12.1 Å². The van der Waals surface area contributed by atoms with Crippen LogP contribution in [0.4, 0.5) is 4.39 Å². The maximum atomic E-state index is 13.3. The summed E-state index contributed by atoms with van der Waals surface area (Å²) in [5.41, 5.74) is 1.80. The lowest BCUT2D eigenvalue weighted by atomic mass is 9.95. The van der Waals surface area contributed by atoms with Gasteiger partial charge in [-0.2, -0.15) is 11.3 Å². The number of carbonyl (C=O) groups is 1. The van der Waals surface area contributed by atoms with E-state index in [1.807, 2.05) is 17.5 Å². The summed E-state index contributed by atoms with van der Waals surface area (Å²) in [6.07, 6.45) is 3.30. The van der Waals surface area contributed by atoms with Crippen molar-refractivity contribution in [2.45, 2.75) is 38.0 Å². The predicted molar refractivity (Wildman–Crippen MR) is 105 cm³/mol. The van der Waals surface area contributed by atoms with Crippen molar-refractivity contribution in [3.63, 3.8) is 0 Å². The molecule has 0 saturated heterocycles. The molecule has 2 aromatic rings. The van der Waals surface area contributed by atoms with Crippen LogP contribution in [0.25, 0.3) is 0 Å². The highest BCUT2D eigenvalue weighted by Gasteiger charge is 2.28. The third kappa shape index (κ3) is 5.89. The van der Waals surface area contributed by atoms with Crippen molar-refractivity contribution < 1.29 is 23.8 Å². The van der Waals surface area contributed by atoms with Crippen LogP contribution in [0, 0.1) is 5.82 Å². The van der Waals surface area contributed by atoms with Gasteiger partial charge in [0.15, 0.2) is 5.76 Å². The zero-order chi connectivity index (χ0) is 19.8. The number of unbranched alkanes of at least 4 members (excludes halogenated alkanes) is 1. The molecule has 1 amide bonds. The molecule has 150 valence electrons. The van der Waals surface area contributed by atoms with Crippen LogP contribution in [0.3, 0.4) is 0 Å². The Bertz CT molecular complexity index is 793. The molecule has 0 radical (unpaired) electrons. The molecule has 2 N–H and O–H groups in total. The molecule has 28 heavy (non-hydrogen) atoms. The third-order valence-electron chi connectivity index (χ3n) is 4.45. The van der Waals surface area contributed by atoms with E-state index < -0.39 is 6.29 Å². The van der Waals surface area contributed by atoms with E-state index in [2.05, 4.69) is 10.7 Å². The van der Waals surface area contributed by atoms with Gasteiger partial charge in [0.05, 0.1) is 6.61 Å². The first-order valence-corrected chi connectivity index (χ1v) is 10.3. The number of halogens is 1. The Morgan fingerprint density at radius 3 is 3.00 bits per heavy atom. The van der Waals surface area contributed by atoms with Crippen LogP contribution in [0.1, 0.15) is 36.3 Å². The second-order valence-corrected chi connectivity index (χ2v) is 7.37. The highest BCUT2D eigenvalue weighted by molar-refractivity contribution is 7.08. The fourth-order valence-corrected chi connectivity index (χ4v) is 3.71. The first-order chi connectivity index (χ1) is 13.7. The molecule has 0 aliphatic carbocycles. The number of nitrogens with one attached hydrogen (secondary N) is 1. The molecule has 1 aromatic carbocycles. The SMILES string of the molecule is O=C(NCc1cccc(F)c1)C1=C[C@@H](c2ccsc2)C[C@@H](OCCCCO)O1. The standard InChI is InChI=1S/C21H24FNO4S/c22-18-5-3-4-15(10-18)13-23-21(25)19-11-17(16-6-9-28-14-16)12-20(27-19)26-8-2-1-7-24/h3-6,9-11,14,17,20,24H,1-2,7-8,12-13H2,(H,23,25)/t17-,20+/m1/s1. The molecule has 0 fully saturated rings. The zero-order valence-corrected chi connectivity index (χ0v) is 16.3. The van der Waals surface area contributed by atoms with Gasteiger partial charge < -0.3 is 19.9 Å². The van der Waals surface area contributed by atoms with Gasteiger partial charge in [-0.05, 0) is 59.0 Å². The summed E-state index contributed by atoms with van der Waals surface area (Å²) >= 11 is 1.60. The number of hydrogen-bond acceptors (Lipinski definition) is 5. The number of allylic oxidation sites excluding steroid dienone is 1. The first-order valence-electron chi connectivity index (χ1n) is 9.31. The third-order valence-corrected chi connectivity index (χ3v) is 5.15. The van der Waals surface area contributed by atoms with Crippen molar-refractivity contribution in [3.05, 3.63) is 69.9 Å². The number of benzene rings is 1. The maximum absolute atomic E-state index is 13.3. The van der Waals surface area contributed by atoms with Crippen molar-refractivity contribution in [1.29, 1.82) is 0 Å². The lowest BCUT2D eigenvalue weighted by molar-refractivity contribution is -0.146. The first kappa shape index (κ1) is 20.5. The molecule has 0 saturated carbocycles. The van der Waals surface area contributed by atoms with Gasteiger partial charge in [0.1, 0.15) is 5.82 Å². The average molecular weight is 405 g/mol. The minimum absolute atomic E-state index is 0.0257. The molecule has 0 bridgehead atoms. The van der Waals surface area contributed by atoms with E-state index in [9.17, 15) is 9.18 Å². The van der Waals surface area contributed by atoms with E-state index in [0.29, 0.717) is 25.0 Å². The summed E-state index contributed by atoms with van der Waals surface area (Å²) in [4.78, 5) is 12.6. The van der Waals surface area contributed by atoms with Gasteiger partial charge in [-0.3, -0.25) is 4.79 Å². The van der Waals surface area contributed by atoms with Gasteiger partial charge in [-0.15, -0.1) is 0 Å². The second-order valence-electron chi connectivity index (χ2n) is 6.59. The molecule has 2 atom stereocenters. The molecule has 1 aliphatic rings. The van der Waals surface area contributed by atoms with E-state index in [0.717, 1.165) is 12.0 Å². The van der Waals surface area contributed by atoms with Crippen molar-refractivity contribution >= 4 is 17.2 Å². The molecular weight excluding hydrogens is 381 g/mol. The number of aliphatic hydroxyl groups excluding tert-OH is 1. The lowest BCUT2D eigenvalue weighted by Gasteiger charge is -2.29. The normalized spacial score (nSPS) is 19.0. The Morgan fingerprint density at radius 2 is 2.25 bits per heavy atom. The summed E-state index contributed by atoms with van der Waals surface area (Å²) in [5, 5.41) is 15.7. The summed E-state index contributed by atoms with van der Waals surface area (Å²) in [6, 6.07) is 8.14. The Labute approximate surface area is 167 Å². The van der Waals surface area contributed by atoms with Crippen molar-refractivity contribution in [2.75, 3.05) is 13.2 Å². The average Bonchev–Trinajstić information content (AvgIpc) is 3.24. The molecule has 0 spiro atoms. The highest BCUT2D eigenvalue weighted by Crippen LogP contribution is 2.32. The van der Waals surface area contributed by atoms with Crippen LogP contribution in [0.15, 0.2) is 52.9 Å². The summed E-state index contributed by atoms with van der Waals surface area (Å²) < 4.78 is 24.8. The second kappa shape index (κ2) is 10.4. The maximum Gasteiger partial charge on any atom is 0.286 e. The molecule has 5 nitrogen and oxygen atoms in total. The molecule has 2 heterocycles. The van der Waals surface area contributed by atoms with Gasteiger partial charge in [-0.25, -0.2) is 4.39 Å². The highest BCUT2D eigenvalue weighted by atomic mass is 32.1. The van der Waals surface area contributed by atoms with Crippen LogP contribution >= 0.6 is 11.3 Å². The molecular formula is C21H24FNO4S. The van der Waals surface area contributed by atoms with Gasteiger partial charge in [0, 0.05) is 25.5 Å². The fourth-order valence-electron chi connectivity index (χ4n) is 2.98. The molecule has 1 aliphatic heterocycles. The fraction of sp³-hybridized carbons (Fsp3) is 0.381. The van der Waals surface area contributed by atoms with Gasteiger partial charge >= 0.3 is 0 Å². The van der Waals surface area contributed by atoms with Crippen LogP contribution in [-0.2, 0) is 20.8 Å². The quantitative estimate of drug-likeness (QED) is 0.624. The van der Waals surface area contributed by atoms with Crippen molar-refractivity contribution in [2.24, 2.45) is 0 Å². The smallest absolute Gasteiger partial charge is 0.286 e. The Balaban J connectivity index is 1.64. The monoisotopic (exact) mass is 405 g/mol. The minimum Gasteiger partial charge on any atom is -0.459 e. The summed E-state index contributed by atoms with van der Waals surface area (Å²) in [7, 11) is 0. The summed E-state index contributed by atoms with van der Waals surface area (Å²) in [5.74, 6) is -0.453. The van der Waals surface area contributed by atoms with Crippen LogP contribution in [0.5, 0.6) is 0 Å². The Kier molecular flexibility index (Phi) is 7.59. The van der Waals surface area contributed by atoms with Crippen molar-refractivity contribution in [3.8, 4) is 0 Å². The Hall–Kier alpha value is -2.22. The van der Waals surface area contributed by atoms with Crippen LogP contribution < -0.4 is 5.32 Å². The van der Waals surface area contributed by atoms with Crippen LogP contribution in [-0.4, -0.2) is 30.5 Å².